The summed E-state index contributed by atoms with van der Waals surface area (Å²) in [4.78, 5) is 24.5. The average molecular weight is 433 g/mol. The van der Waals surface area contributed by atoms with E-state index in [2.05, 4.69) is 10.5 Å². The molecule has 2 heterocycles. The van der Waals surface area contributed by atoms with Gasteiger partial charge >= 0.3 is 5.97 Å². The molecular weight excluding hydrogens is 410 g/mol. The van der Waals surface area contributed by atoms with E-state index in [1.54, 1.807) is 30.5 Å². The molecule has 8 heteroatoms. The van der Waals surface area contributed by atoms with Gasteiger partial charge in [-0.05, 0) is 49.7 Å². The number of hydrazone groups is 1. The third-order valence-corrected chi connectivity index (χ3v) is 5.22. The number of hydrogen-bond donors (Lipinski definition) is 1. The maximum Gasteiger partial charge on any atom is 0.339 e. The monoisotopic (exact) mass is 433 g/mol. The highest BCUT2D eigenvalue weighted by Crippen LogP contribution is 2.32. The number of ether oxygens (including phenoxy) is 3. The zero-order valence-electron chi connectivity index (χ0n) is 18.0. The lowest BCUT2D eigenvalue weighted by molar-refractivity contribution is -0.120. The lowest BCUT2D eigenvalue weighted by atomic mass is 10.1. The summed E-state index contributed by atoms with van der Waals surface area (Å²) in [6.45, 7) is 4.06. The minimum Gasteiger partial charge on any atom is -0.465 e. The summed E-state index contributed by atoms with van der Waals surface area (Å²) < 4.78 is 17.5. The number of esters is 1. The number of rotatable bonds is 6. The van der Waals surface area contributed by atoms with Crippen LogP contribution in [0.5, 0.6) is 11.5 Å². The Morgan fingerprint density at radius 2 is 1.91 bits per heavy atom. The van der Waals surface area contributed by atoms with Gasteiger partial charge in [-0.1, -0.05) is 18.2 Å². The number of aryl methyl sites for hydroxylation is 1. The minimum atomic E-state index is -0.404. The summed E-state index contributed by atoms with van der Waals surface area (Å²) in [6.07, 6.45) is 1.76. The smallest absolute Gasteiger partial charge is 0.339 e. The van der Waals surface area contributed by atoms with E-state index in [9.17, 15) is 9.59 Å². The Labute approximate surface area is 185 Å². The van der Waals surface area contributed by atoms with Crippen molar-refractivity contribution in [1.29, 1.82) is 0 Å². The van der Waals surface area contributed by atoms with E-state index in [1.807, 2.05) is 42.7 Å². The van der Waals surface area contributed by atoms with Gasteiger partial charge in [0.15, 0.2) is 11.5 Å². The van der Waals surface area contributed by atoms with Crippen LogP contribution in [0.2, 0.25) is 0 Å². The molecule has 1 aliphatic heterocycles. The first-order chi connectivity index (χ1) is 15.5. The van der Waals surface area contributed by atoms with Crippen molar-refractivity contribution in [2.75, 3.05) is 13.9 Å². The van der Waals surface area contributed by atoms with Gasteiger partial charge in [0.2, 0.25) is 12.7 Å². The van der Waals surface area contributed by atoms with Gasteiger partial charge in [-0.3, -0.25) is 4.79 Å². The summed E-state index contributed by atoms with van der Waals surface area (Å²) in [7, 11) is 1.36. The molecule has 0 fully saturated rings. The van der Waals surface area contributed by atoms with E-state index in [-0.39, 0.29) is 19.1 Å². The molecule has 1 aliphatic rings. The molecule has 0 spiro atoms. The fourth-order valence-corrected chi connectivity index (χ4v) is 3.69. The van der Waals surface area contributed by atoms with E-state index in [4.69, 9.17) is 14.2 Å². The molecule has 2 aromatic carbocycles. The minimum absolute atomic E-state index is 0.166. The van der Waals surface area contributed by atoms with E-state index in [1.165, 1.54) is 7.11 Å². The van der Waals surface area contributed by atoms with Gasteiger partial charge in [0.25, 0.3) is 0 Å². The number of nitrogens with one attached hydrogen (secondary N) is 1. The highest BCUT2D eigenvalue weighted by molar-refractivity contribution is 5.94. The highest BCUT2D eigenvalue weighted by atomic mass is 16.7. The molecule has 4 rings (SSSR count). The third kappa shape index (κ3) is 4.20. The summed E-state index contributed by atoms with van der Waals surface area (Å²) in [5, 5.41) is 4.11. The molecule has 0 bridgehead atoms. The predicted octanol–water partition coefficient (Wildman–Crippen LogP) is 3.30. The summed E-state index contributed by atoms with van der Waals surface area (Å²) in [5.41, 5.74) is 7.18. The number of hydrogen-bond acceptors (Lipinski definition) is 6. The number of para-hydroxylation sites is 1. The number of carbonyl (C=O) groups is 2. The largest absolute Gasteiger partial charge is 0.465 e. The van der Waals surface area contributed by atoms with Crippen LogP contribution in [0.1, 0.15) is 32.9 Å². The molecule has 0 radical (unpaired) electrons. The van der Waals surface area contributed by atoms with Crippen LogP contribution in [-0.4, -0.2) is 36.6 Å². The Bertz CT molecular complexity index is 1210. The van der Waals surface area contributed by atoms with Gasteiger partial charge in [0, 0.05) is 17.0 Å². The Kier molecular flexibility index (Phi) is 5.93. The summed E-state index contributed by atoms with van der Waals surface area (Å²) in [6, 6.07) is 14.6. The van der Waals surface area contributed by atoms with E-state index in [0.717, 1.165) is 28.2 Å². The van der Waals surface area contributed by atoms with Crippen molar-refractivity contribution in [1.82, 2.24) is 9.99 Å². The van der Waals surface area contributed by atoms with Crippen molar-refractivity contribution in [3.63, 3.8) is 0 Å². The predicted molar refractivity (Wildman–Crippen MR) is 119 cm³/mol. The topological polar surface area (TPSA) is 91.2 Å². The third-order valence-electron chi connectivity index (χ3n) is 5.22. The highest BCUT2D eigenvalue weighted by Gasteiger charge is 2.17. The summed E-state index contributed by atoms with van der Waals surface area (Å²) >= 11 is 0. The molecule has 164 valence electrons. The van der Waals surface area contributed by atoms with Crippen LogP contribution < -0.4 is 14.9 Å². The lowest BCUT2D eigenvalue weighted by Crippen LogP contribution is -2.19. The number of benzene rings is 2. The molecule has 3 aromatic rings. The number of nitrogens with zero attached hydrogens (tertiary/aromatic N) is 2. The number of carbonyl (C=O) groups excluding carboxylic acids is 2. The molecular formula is C24H23N3O5. The number of fused-ring (bicyclic) bond motifs is 1. The Morgan fingerprint density at radius 1 is 1.12 bits per heavy atom. The van der Waals surface area contributed by atoms with Gasteiger partial charge in [-0.15, -0.1) is 0 Å². The first kappa shape index (κ1) is 21.2. The molecule has 32 heavy (non-hydrogen) atoms. The maximum absolute atomic E-state index is 12.3. The van der Waals surface area contributed by atoms with Crippen LogP contribution in [0.15, 0.2) is 53.6 Å². The van der Waals surface area contributed by atoms with Crippen molar-refractivity contribution in [3.8, 4) is 17.2 Å². The van der Waals surface area contributed by atoms with Gasteiger partial charge in [-0.2, -0.15) is 5.10 Å². The second-order valence-corrected chi connectivity index (χ2v) is 7.33. The van der Waals surface area contributed by atoms with Crippen molar-refractivity contribution in [2.45, 2.75) is 20.3 Å². The number of aromatic nitrogens is 1. The van der Waals surface area contributed by atoms with E-state index in [0.29, 0.717) is 17.1 Å². The molecule has 0 aliphatic carbocycles. The Balaban J connectivity index is 1.48. The number of methoxy groups -OCH3 is 1. The van der Waals surface area contributed by atoms with Gasteiger partial charge in [-0.25, -0.2) is 10.2 Å². The van der Waals surface area contributed by atoms with Gasteiger partial charge < -0.3 is 18.8 Å². The quantitative estimate of drug-likeness (QED) is 0.366. The SMILES string of the molecule is COC(=O)c1ccccc1-n1c(C)cc(/C=N\NC(=O)Cc2ccc3c(c2)OCO3)c1C. The van der Waals surface area contributed by atoms with Crippen LogP contribution in [-0.2, 0) is 16.0 Å². The molecule has 0 saturated carbocycles. The second-order valence-electron chi connectivity index (χ2n) is 7.33. The molecule has 1 aromatic heterocycles. The fraction of sp³-hybridized carbons (Fsp3) is 0.208. The second kappa shape index (κ2) is 8.97. The van der Waals surface area contributed by atoms with Crippen molar-refractivity contribution in [2.24, 2.45) is 5.10 Å². The van der Waals surface area contributed by atoms with Crippen LogP contribution in [0.4, 0.5) is 0 Å². The Hall–Kier alpha value is -4.07. The van der Waals surface area contributed by atoms with Crippen molar-refractivity contribution in [3.05, 3.63) is 76.6 Å². The Morgan fingerprint density at radius 3 is 2.72 bits per heavy atom. The van der Waals surface area contributed by atoms with E-state index >= 15 is 0 Å². The average Bonchev–Trinajstić information content (AvgIpc) is 3.36. The maximum atomic E-state index is 12.3. The van der Waals surface area contributed by atoms with Crippen LogP contribution >= 0.6 is 0 Å². The standard InChI is InChI=1S/C24H23N3O5/c1-15-10-18(16(2)27(15)20-7-5-4-6-19(20)24(29)30-3)13-25-26-23(28)12-17-8-9-21-22(11-17)32-14-31-21/h4-11,13H,12,14H2,1-3H3,(H,26,28)/b25-13-. The van der Waals surface area contributed by atoms with Gasteiger partial charge in [0.1, 0.15) is 0 Å². The first-order valence-electron chi connectivity index (χ1n) is 10.0. The normalized spacial score (nSPS) is 12.2. The molecule has 0 atom stereocenters. The molecule has 0 saturated heterocycles. The van der Waals surface area contributed by atoms with Crippen LogP contribution in [0, 0.1) is 13.8 Å². The van der Waals surface area contributed by atoms with E-state index < -0.39 is 5.97 Å². The van der Waals surface area contributed by atoms with Crippen molar-refractivity contribution < 1.29 is 23.8 Å². The number of amides is 1. The molecule has 0 unspecified atom stereocenters. The fourth-order valence-electron chi connectivity index (χ4n) is 3.69. The molecule has 1 amide bonds. The van der Waals surface area contributed by atoms with Crippen LogP contribution in [0.3, 0.4) is 0 Å². The lowest BCUT2D eigenvalue weighted by Gasteiger charge is -2.13. The zero-order chi connectivity index (χ0) is 22.7. The summed E-state index contributed by atoms with van der Waals surface area (Å²) in [5.74, 6) is 0.666. The van der Waals surface area contributed by atoms with Crippen molar-refractivity contribution >= 4 is 18.1 Å². The van der Waals surface area contributed by atoms with Gasteiger partial charge in [0.05, 0.1) is 31.0 Å². The zero-order valence-corrected chi connectivity index (χ0v) is 18.0. The first-order valence-corrected chi connectivity index (χ1v) is 10.0. The molecule has 1 N–H and O–H groups in total. The van der Waals surface area contributed by atoms with Crippen LogP contribution in [0.25, 0.3) is 5.69 Å². The molecule has 8 nitrogen and oxygen atoms in total.